The van der Waals surface area contributed by atoms with Crippen LogP contribution in [0, 0.1) is 6.92 Å². The summed E-state index contributed by atoms with van der Waals surface area (Å²) in [6, 6.07) is 9.50. The Morgan fingerprint density at radius 1 is 1.17 bits per heavy atom. The number of likely N-dealkylation sites (N-methyl/N-ethyl adjacent to an activating group) is 1. The molecule has 0 saturated heterocycles. The molecule has 23 heavy (non-hydrogen) atoms. The van der Waals surface area contributed by atoms with E-state index in [0.717, 1.165) is 5.56 Å². The minimum atomic E-state index is -0.777. The zero-order chi connectivity index (χ0) is 16.8. The average molecular weight is 316 g/mol. The van der Waals surface area contributed by atoms with Crippen LogP contribution in [0.25, 0.3) is 0 Å². The molecule has 0 bridgehead atoms. The van der Waals surface area contributed by atoms with Crippen LogP contribution >= 0.6 is 0 Å². The van der Waals surface area contributed by atoms with Crippen molar-refractivity contribution in [3.8, 4) is 0 Å². The second kappa shape index (κ2) is 7.55. The van der Waals surface area contributed by atoms with Crippen LogP contribution in [0.2, 0.25) is 0 Å². The standard InChI is InChI=1S/C16H20N4O3/c1-11-4-6-12(7-5-11)13(20(2)3)10-17-15(21)16(22)18-14-8-9-23-19-14/h4-9,13H,10H2,1-3H3,(H,17,21)(H,18,19,22)/t13-/m1/s1. The van der Waals surface area contributed by atoms with Gasteiger partial charge in [0.05, 0.1) is 6.04 Å². The van der Waals surface area contributed by atoms with Gasteiger partial charge in [0.15, 0.2) is 5.82 Å². The molecule has 2 N–H and O–H groups in total. The Kier molecular flexibility index (Phi) is 5.48. The number of carbonyl (C=O) groups excluding carboxylic acids is 2. The fourth-order valence-corrected chi connectivity index (χ4v) is 2.11. The number of aryl methyl sites for hydroxylation is 1. The van der Waals surface area contributed by atoms with Crippen LogP contribution in [0.4, 0.5) is 5.82 Å². The van der Waals surface area contributed by atoms with Gasteiger partial charge in [-0.15, -0.1) is 0 Å². The van der Waals surface area contributed by atoms with Gasteiger partial charge in [-0.05, 0) is 26.6 Å². The number of benzene rings is 1. The molecule has 7 nitrogen and oxygen atoms in total. The summed E-state index contributed by atoms with van der Waals surface area (Å²) < 4.78 is 4.59. The predicted molar refractivity (Wildman–Crippen MR) is 85.7 cm³/mol. The summed E-state index contributed by atoms with van der Waals surface area (Å²) in [5.74, 6) is -1.29. The molecule has 2 aromatic rings. The van der Waals surface area contributed by atoms with E-state index in [9.17, 15) is 9.59 Å². The van der Waals surface area contributed by atoms with Crippen molar-refractivity contribution in [3.63, 3.8) is 0 Å². The van der Waals surface area contributed by atoms with E-state index < -0.39 is 11.8 Å². The van der Waals surface area contributed by atoms with Gasteiger partial charge < -0.3 is 14.7 Å². The zero-order valence-corrected chi connectivity index (χ0v) is 13.4. The number of hydrogen-bond acceptors (Lipinski definition) is 5. The van der Waals surface area contributed by atoms with Gasteiger partial charge in [-0.2, -0.15) is 0 Å². The molecule has 1 atom stereocenters. The van der Waals surface area contributed by atoms with Crippen molar-refractivity contribution in [3.05, 3.63) is 47.7 Å². The van der Waals surface area contributed by atoms with Crippen LogP contribution in [-0.2, 0) is 9.59 Å². The number of amides is 2. The Bertz CT molecular complexity index is 650. The second-order valence-electron chi connectivity index (χ2n) is 5.44. The molecule has 0 radical (unpaired) electrons. The van der Waals surface area contributed by atoms with Crippen molar-refractivity contribution in [1.29, 1.82) is 0 Å². The average Bonchev–Trinajstić information content (AvgIpc) is 3.01. The molecule has 122 valence electrons. The van der Waals surface area contributed by atoms with Gasteiger partial charge >= 0.3 is 11.8 Å². The molecule has 0 aliphatic carbocycles. The van der Waals surface area contributed by atoms with Crippen LogP contribution in [0.1, 0.15) is 17.2 Å². The lowest BCUT2D eigenvalue weighted by molar-refractivity contribution is -0.136. The highest BCUT2D eigenvalue weighted by molar-refractivity contribution is 6.39. The van der Waals surface area contributed by atoms with Crippen molar-refractivity contribution in [2.45, 2.75) is 13.0 Å². The molecule has 1 aromatic carbocycles. The van der Waals surface area contributed by atoms with Gasteiger partial charge in [-0.1, -0.05) is 35.0 Å². The lowest BCUT2D eigenvalue weighted by Crippen LogP contribution is -2.40. The van der Waals surface area contributed by atoms with Gasteiger partial charge in [-0.3, -0.25) is 14.9 Å². The quantitative estimate of drug-likeness (QED) is 0.813. The number of hydrogen-bond donors (Lipinski definition) is 2. The minimum Gasteiger partial charge on any atom is -0.363 e. The Morgan fingerprint density at radius 2 is 1.87 bits per heavy atom. The lowest BCUT2D eigenvalue weighted by atomic mass is 10.0. The predicted octanol–water partition coefficient (Wildman–Crippen LogP) is 1.34. The van der Waals surface area contributed by atoms with Crippen LogP contribution in [0.15, 0.2) is 41.1 Å². The Labute approximate surface area is 134 Å². The van der Waals surface area contributed by atoms with Crippen molar-refractivity contribution in [1.82, 2.24) is 15.4 Å². The first-order chi connectivity index (χ1) is 11.0. The highest BCUT2D eigenvalue weighted by Gasteiger charge is 2.19. The summed E-state index contributed by atoms with van der Waals surface area (Å²) in [6.07, 6.45) is 1.31. The molecule has 2 amide bonds. The molecule has 0 aliphatic heterocycles. The van der Waals surface area contributed by atoms with Crippen molar-refractivity contribution < 1.29 is 14.1 Å². The minimum absolute atomic E-state index is 0.0283. The smallest absolute Gasteiger partial charge is 0.314 e. The number of nitrogens with zero attached hydrogens (tertiary/aromatic N) is 2. The summed E-state index contributed by atoms with van der Waals surface area (Å²) >= 11 is 0. The summed E-state index contributed by atoms with van der Waals surface area (Å²) in [4.78, 5) is 25.6. The van der Waals surface area contributed by atoms with E-state index in [1.54, 1.807) is 0 Å². The molecule has 0 aliphatic rings. The van der Waals surface area contributed by atoms with E-state index >= 15 is 0 Å². The van der Waals surface area contributed by atoms with Gasteiger partial charge in [-0.25, -0.2) is 0 Å². The maximum atomic E-state index is 11.9. The van der Waals surface area contributed by atoms with Gasteiger partial charge in [0.25, 0.3) is 0 Å². The van der Waals surface area contributed by atoms with E-state index in [1.165, 1.54) is 17.9 Å². The zero-order valence-electron chi connectivity index (χ0n) is 13.4. The Morgan fingerprint density at radius 3 is 2.43 bits per heavy atom. The molecule has 7 heteroatoms. The molecule has 0 unspecified atom stereocenters. The van der Waals surface area contributed by atoms with Crippen molar-refractivity contribution >= 4 is 17.6 Å². The molecule has 0 fully saturated rings. The van der Waals surface area contributed by atoms with Crippen LogP contribution in [0.5, 0.6) is 0 Å². The number of carbonyl (C=O) groups is 2. The molecule has 1 heterocycles. The topological polar surface area (TPSA) is 87.5 Å². The van der Waals surface area contributed by atoms with Gasteiger partial charge in [0.1, 0.15) is 6.26 Å². The monoisotopic (exact) mass is 316 g/mol. The van der Waals surface area contributed by atoms with Crippen LogP contribution in [0.3, 0.4) is 0 Å². The molecule has 1 aromatic heterocycles. The van der Waals surface area contributed by atoms with E-state index in [2.05, 4.69) is 20.3 Å². The third-order valence-electron chi connectivity index (χ3n) is 3.43. The van der Waals surface area contributed by atoms with Gasteiger partial charge in [0.2, 0.25) is 0 Å². The van der Waals surface area contributed by atoms with E-state index in [4.69, 9.17) is 0 Å². The van der Waals surface area contributed by atoms with E-state index in [0.29, 0.717) is 6.54 Å². The SMILES string of the molecule is Cc1ccc([C@@H](CNC(=O)C(=O)Nc2ccon2)N(C)C)cc1. The third-order valence-corrected chi connectivity index (χ3v) is 3.43. The number of nitrogens with one attached hydrogen (secondary N) is 2. The Balaban J connectivity index is 1.94. The van der Waals surface area contributed by atoms with Crippen molar-refractivity contribution in [2.75, 3.05) is 26.0 Å². The fourth-order valence-electron chi connectivity index (χ4n) is 2.11. The molecule has 0 spiro atoms. The van der Waals surface area contributed by atoms with Crippen LogP contribution < -0.4 is 10.6 Å². The number of anilines is 1. The molecule has 2 rings (SSSR count). The first-order valence-electron chi connectivity index (χ1n) is 7.20. The fraction of sp³-hybridized carbons (Fsp3) is 0.312. The van der Waals surface area contributed by atoms with Crippen LogP contribution in [-0.4, -0.2) is 42.5 Å². The second-order valence-corrected chi connectivity index (χ2v) is 5.44. The normalized spacial score (nSPS) is 12.0. The largest absolute Gasteiger partial charge is 0.363 e. The third kappa shape index (κ3) is 4.65. The highest BCUT2D eigenvalue weighted by Crippen LogP contribution is 2.17. The van der Waals surface area contributed by atoms with E-state index in [1.807, 2.05) is 50.2 Å². The van der Waals surface area contributed by atoms with Crippen molar-refractivity contribution in [2.24, 2.45) is 0 Å². The first-order valence-corrected chi connectivity index (χ1v) is 7.20. The van der Waals surface area contributed by atoms with Gasteiger partial charge in [0, 0.05) is 12.6 Å². The van der Waals surface area contributed by atoms with E-state index in [-0.39, 0.29) is 11.9 Å². The summed E-state index contributed by atoms with van der Waals surface area (Å²) in [5.41, 5.74) is 2.24. The lowest BCUT2D eigenvalue weighted by Gasteiger charge is -2.25. The molecule has 0 saturated carbocycles. The molecular formula is C16H20N4O3. The number of aromatic nitrogens is 1. The summed E-state index contributed by atoms with van der Waals surface area (Å²) in [7, 11) is 3.85. The highest BCUT2D eigenvalue weighted by atomic mass is 16.5. The Hall–Kier alpha value is -2.67. The molecular weight excluding hydrogens is 296 g/mol. The summed E-state index contributed by atoms with van der Waals surface area (Å²) in [5, 5.41) is 8.51. The maximum absolute atomic E-state index is 11.9. The number of rotatable bonds is 5. The maximum Gasteiger partial charge on any atom is 0.314 e. The summed E-state index contributed by atoms with van der Waals surface area (Å²) in [6.45, 7) is 2.34. The first kappa shape index (κ1) is 16.7.